The van der Waals surface area contributed by atoms with Gasteiger partial charge >= 0.3 is 0 Å². The maximum Gasteiger partial charge on any atom is 0.184 e. The monoisotopic (exact) mass is 240 g/mol. The Hall–Kier alpha value is -1.14. The highest BCUT2D eigenvalue weighted by Gasteiger charge is 2.08. The molecule has 2 rings (SSSR count). The van der Waals surface area contributed by atoms with Gasteiger partial charge in [0.1, 0.15) is 5.00 Å². The lowest BCUT2D eigenvalue weighted by molar-refractivity contribution is 0.794. The van der Waals surface area contributed by atoms with Crippen molar-refractivity contribution < 1.29 is 0 Å². The van der Waals surface area contributed by atoms with Crippen LogP contribution in [0.25, 0.3) is 0 Å². The second kappa shape index (κ2) is 4.59. The van der Waals surface area contributed by atoms with Gasteiger partial charge in [0.2, 0.25) is 0 Å². The van der Waals surface area contributed by atoms with E-state index < -0.39 is 0 Å². The molecule has 0 spiro atoms. The zero-order valence-corrected chi connectivity index (χ0v) is 9.94. The van der Waals surface area contributed by atoms with Gasteiger partial charge in [-0.3, -0.25) is 0 Å². The smallest absolute Gasteiger partial charge is 0.184 e. The SMILES string of the molecule is CC(CNc1ncc(N)s1)c1nccs1. The molecule has 6 heteroatoms. The number of rotatable bonds is 4. The van der Waals surface area contributed by atoms with Crippen molar-refractivity contribution >= 4 is 32.8 Å². The fraction of sp³-hybridized carbons (Fsp3) is 0.333. The van der Waals surface area contributed by atoms with E-state index in [1.807, 2.05) is 11.6 Å². The van der Waals surface area contributed by atoms with E-state index in [0.29, 0.717) is 5.92 Å². The number of nitrogen functional groups attached to an aromatic ring is 1. The van der Waals surface area contributed by atoms with Crippen LogP contribution in [-0.2, 0) is 0 Å². The summed E-state index contributed by atoms with van der Waals surface area (Å²) in [5.74, 6) is 0.398. The van der Waals surface area contributed by atoms with Crippen molar-refractivity contribution in [2.75, 3.05) is 17.6 Å². The molecule has 3 N–H and O–H groups in total. The Balaban J connectivity index is 1.88. The molecule has 0 fully saturated rings. The second-order valence-electron chi connectivity index (χ2n) is 3.22. The van der Waals surface area contributed by atoms with Crippen LogP contribution in [0.15, 0.2) is 17.8 Å². The van der Waals surface area contributed by atoms with E-state index in [4.69, 9.17) is 5.73 Å². The van der Waals surface area contributed by atoms with E-state index in [0.717, 1.165) is 21.7 Å². The van der Waals surface area contributed by atoms with Gasteiger partial charge in [-0.25, -0.2) is 9.97 Å². The van der Waals surface area contributed by atoms with E-state index >= 15 is 0 Å². The van der Waals surface area contributed by atoms with Crippen molar-refractivity contribution in [1.29, 1.82) is 0 Å². The van der Waals surface area contributed by atoms with Crippen LogP contribution >= 0.6 is 22.7 Å². The summed E-state index contributed by atoms with van der Waals surface area (Å²) in [6.45, 7) is 2.98. The fourth-order valence-corrected chi connectivity index (χ4v) is 2.46. The highest BCUT2D eigenvalue weighted by atomic mass is 32.1. The summed E-state index contributed by atoms with van der Waals surface area (Å²) < 4.78 is 0. The summed E-state index contributed by atoms with van der Waals surface area (Å²) >= 11 is 3.14. The average Bonchev–Trinajstić information content (AvgIpc) is 2.84. The van der Waals surface area contributed by atoms with Crippen molar-refractivity contribution in [3.05, 3.63) is 22.8 Å². The Labute approximate surface area is 96.2 Å². The molecule has 0 saturated carbocycles. The Morgan fingerprint density at radius 2 is 2.40 bits per heavy atom. The zero-order chi connectivity index (χ0) is 10.7. The summed E-state index contributed by atoms with van der Waals surface area (Å²) in [6, 6.07) is 0. The molecular weight excluding hydrogens is 228 g/mol. The first-order valence-electron chi connectivity index (χ1n) is 4.60. The molecule has 0 radical (unpaired) electrons. The zero-order valence-electron chi connectivity index (χ0n) is 8.30. The first kappa shape index (κ1) is 10.4. The predicted molar refractivity (Wildman–Crippen MR) is 65.5 cm³/mol. The normalized spacial score (nSPS) is 12.6. The van der Waals surface area contributed by atoms with E-state index in [1.165, 1.54) is 11.3 Å². The first-order chi connectivity index (χ1) is 7.25. The average molecular weight is 240 g/mol. The van der Waals surface area contributed by atoms with Gasteiger partial charge in [0.05, 0.1) is 11.2 Å². The van der Waals surface area contributed by atoms with E-state index in [9.17, 15) is 0 Å². The Morgan fingerprint density at radius 3 is 3.00 bits per heavy atom. The van der Waals surface area contributed by atoms with Gasteiger partial charge < -0.3 is 11.1 Å². The van der Waals surface area contributed by atoms with Gasteiger partial charge in [0, 0.05) is 24.0 Å². The van der Waals surface area contributed by atoms with Gasteiger partial charge in [-0.15, -0.1) is 11.3 Å². The van der Waals surface area contributed by atoms with Gasteiger partial charge in [0.25, 0.3) is 0 Å². The Morgan fingerprint density at radius 1 is 1.53 bits per heavy atom. The molecule has 1 atom stereocenters. The molecule has 0 aliphatic carbocycles. The number of anilines is 2. The lowest BCUT2D eigenvalue weighted by Crippen LogP contribution is -2.09. The number of nitrogens with one attached hydrogen (secondary N) is 1. The summed E-state index contributed by atoms with van der Waals surface area (Å²) in [5.41, 5.74) is 5.59. The highest BCUT2D eigenvalue weighted by molar-refractivity contribution is 7.19. The number of nitrogens with two attached hydrogens (primary N) is 1. The summed E-state index contributed by atoms with van der Waals surface area (Å²) in [7, 11) is 0. The number of thiazole rings is 2. The molecule has 15 heavy (non-hydrogen) atoms. The second-order valence-corrected chi connectivity index (χ2v) is 5.21. The molecule has 0 aliphatic heterocycles. The first-order valence-corrected chi connectivity index (χ1v) is 6.30. The molecule has 2 aromatic heterocycles. The van der Waals surface area contributed by atoms with Crippen LogP contribution in [0.1, 0.15) is 17.8 Å². The maximum absolute atomic E-state index is 5.59. The number of hydrogen-bond donors (Lipinski definition) is 2. The van der Waals surface area contributed by atoms with Crippen LogP contribution in [0, 0.1) is 0 Å². The number of aromatic nitrogens is 2. The molecule has 4 nitrogen and oxygen atoms in total. The lowest BCUT2D eigenvalue weighted by Gasteiger charge is -2.08. The van der Waals surface area contributed by atoms with Crippen molar-refractivity contribution in [1.82, 2.24) is 9.97 Å². The van der Waals surface area contributed by atoms with Crippen LogP contribution in [0.4, 0.5) is 10.1 Å². The number of hydrogen-bond acceptors (Lipinski definition) is 6. The summed E-state index contributed by atoms with van der Waals surface area (Å²) in [4.78, 5) is 8.40. The van der Waals surface area contributed by atoms with E-state index in [-0.39, 0.29) is 0 Å². The minimum Gasteiger partial charge on any atom is -0.389 e. The third kappa shape index (κ3) is 2.66. The van der Waals surface area contributed by atoms with E-state index in [2.05, 4.69) is 22.2 Å². The maximum atomic E-state index is 5.59. The molecule has 0 saturated heterocycles. The van der Waals surface area contributed by atoms with Crippen LogP contribution < -0.4 is 11.1 Å². The molecular formula is C9H12N4S2. The highest BCUT2D eigenvalue weighted by Crippen LogP contribution is 2.22. The lowest BCUT2D eigenvalue weighted by atomic mass is 10.2. The van der Waals surface area contributed by atoms with Crippen molar-refractivity contribution in [2.24, 2.45) is 0 Å². The Kier molecular flexibility index (Phi) is 3.17. The van der Waals surface area contributed by atoms with Crippen LogP contribution in [0.3, 0.4) is 0 Å². The quantitative estimate of drug-likeness (QED) is 0.861. The standard InChI is InChI=1S/C9H12N4S2/c1-6(8-11-2-3-14-8)4-12-9-13-5-7(10)15-9/h2-3,5-6H,4,10H2,1H3,(H,12,13). The molecule has 0 bridgehead atoms. The van der Waals surface area contributed by atoms with Gasteiger partial charge in [-0.1, -0.05) is 18.3 Å². The minimum atomic E-state index is 0.398. The van der Waals surface area contributed by atoms with Gasteiger partial charge in [-0.05, 0) is 0 Å². The van der Waals surface area contributed by atoms with Crippen LogP contribution in [-0.4, -0.2) is 16.5 Å². The molecule has 0 aliphatic rings. The summed E-state index contributed by atoms with van der Waals surface area (Å²) in [6.07, 6.45) is 3.50. The molecule has 2 aromatic rings. The van der Waals surface area contributed by atoms with Gasteiger partial charge in [0.15, 0.2) is 5.13 Å². The molecule has 0 amide bonds. The third-order valence-electron chi connectivity index (χ3n) is 1.96. The van der Waals surface area contributed by atoms with E-state index in [1.54, 1.807) is 17.5 Å². The molecule has 1 unspecified atom stereocenters. The number of nitrogens with zero attached hydrogens (tertiary/aromatic N) is 2. The molecule has 2 heterocycles. The van der Waals surface area contributed by atoms with Crippen molar-refractivity contribution in [3.8, 4) is 0 Å². The minimum absolute atomic E-state index is 0.398. The van der Waals surface area contributed by atoms with Crippen LogP contribution in [0.5, 0.6) is 0 Å². The third-order valence-corrected chi connectivity index (χ3v) is 3.75. The predicted octanol–water partition coefficient (Wildman–Crippen LogP) is 2.40. The topological polar surface area (TPSA) is 63.8 Å². The largest absolute Gasteiger partial charge is 0.389 e. The Bertz CT molecular complexity index is 409. The fourth-order valence-electron chi connectivity index (χ4n) is 1.17. The molecule has 0 aromatic carbocycles. The van der Waals surface area contributed by atoms with Gasteiger partial charge in [-0.2, -0.15) is 0 Å². The van der Waals surface area contributed by atoms with Crippen LogP contribution in [0.2, 0.25) is 0 Å². The summed E-state index contributed by atoms with van der Waals surface area (Å²) in [5, 5.41) is 7.99. The van der Waals surface area contributed by atoms with Crippen molar-refractivity contribution in [2.45, 2.75) is 12.8 Å². The van der Waals surface area contributed by atoms with Crippen molar-refractivity contribution in [3.63, 3.8) is 0 Å². The molecule has 80 valence electrons.